The first-order valence-corrected chi connectivity index (χ1v) is 11.6. The Labute approximate surface area is 205 Å². The number of carbonyl (C=O) groups is 4. The molecule has 0 spiro atoms. The lowest BCUT2D eigenvalue weighted by molar-refractivity contribution is -0.155. The second kappa shape index (κ2) is 14.2. The maximum Gasteiger partial charge on any atom is 0.313 e. The van der Waals surface area contributed by atoms with Gasteiger partial charge in [-0.05, 0) is 24.5 Å². The Morgan fingerprint density at radius 3 is 1.91 bits per heavy atom. The van der Waals surface area contributed by atoms with E-state index in [0.29, 0.717) is 6.42 Å². The number of carbonyl (C=O) groups excluding carboxylic acids is 4. The van der Waals surface area contributed by atoms with Crippen molar-refractivity contribution in [1.82, 2.24) is 0 Å². The zero-order chi connectivity index (χ0) is 24.9. The maximum atomic E-state index is 12.9. The van der Waals surface area contributed by atoms with Crippen LogP contribution in [0.3, 0.4) is 0 Å². The summed E-state index contributed by atoms with van der Waals surface area (Å²) in [5.74, 6) is -3.28. The molecule has 0 radical (unpaired) electrons. The molecule has 2 aromatic rings. The summed E-state index contributed by atoms with van der Waals surface area (Å²) in [4.78, 5) is 48.1. The van der Waals surface area contributed by atoms with Gasteiger partial charge in [0.15, 0.2) is 0 Å². The Hall–Kier alpha value is -3.13. The van der Waals surface area contributed by atoms with Gasteiger partial charge in [-0.3, -0.25) is 19.2 Å². The zero-order valence-electron chi connectivity index (χ0n) is 19.3. The van der Waals surface area contributed by atoms with Crippen LogP contribution < -0.4 is 0 Å². The Balaban J connectivity index is 2.17. The molecule has 2 rings (SSSR count). The number of rotatable bonds is 13. The molecule has 34 heavy (non-hydrogen) atoms. The van der Waals surface area contributed by atoms with Gasteiger partial charge in [-0.2, -0.15) is 12.6 Å². The van der Waals surface area contributed by atoms with E-state index < -0.39 is 29.7 Å². The molecule has 2 aromatic carbocycles. The molecule has 0 N–H and O–H groups in total. The summed E-state index contributed by atoms with van der Waals surface area (Å²) in [5.41, 5.74) is 1.67. The minimum Gasteiger partial charge on any atom is -0.469 e. The van der Waals surface area contributed by atoms with Gasteiger partial charge in [0, 0.05) is 11.7 Å². The minimum absolute atomic E-state index is 0.137. The standard InChI is InChI=1S/C26H30O7S/c1-18(27)15-23(28)32-13-14-33-25(29)21(17-34)16-22(19-9-5-3-6-10-19)24(26(30)31-2)20-11-7-4-8-12-20/h3-12,21-22,24,34H,13-17H2,1-2H3. The Kier molecular flexibility index (Phi) is 11.3. The highest BCUT2D eigenvalue weighted by Crippen LogP contribution is 2.39. The Morgan fingerprint density at radius 2 is 1.38 bits per heavy atom. The second-order valence-electron chi connectivity index (χ2n) is 7.81. The van der Waals surface area contributed by atoms with Crippen molar-refractivity contribution in [3.8, 4) is 0 Å². The van der Waals surface area contributed by atoms with Crippen molar-refractivity contribution >= 4 is 36.3 Å². The van der Waals surface area contributed by atoms with Gasteiger partial charge in [-0.25, -0.2) is 0 Å². The first-order valence-electron chi connectivity index (χ1n) is 11.0. The quantitative estimate of drug-likeness (QED) is 0.152. The molecular weight excluding hydrogens is 456 g/mol. The number of ketones is 1. The van der Waals surface area contributed by atoms with Gasteiger partial charge < -0.3 is 14.2 Å². The summed E-state index contributed by atoms with van der Waals surface area (Å²) in [5, 5.41) is 0. The zero-order valence-corrected chi connectivity index (χ0v) is 20.2. The van der Waals surface area contributed by atoms with Crippen LogP contribution in [0.4, 0.5) is 0 Å². The second-order valence-corrected chi connectivity index (χ2v) is 8.18. The van der Waals surface area contributed by atoms with E-state index in [1.54, 1.807) is 0 Å². The molecule has 0 fully saturated rings. The molecule has 0 amide bonds. The lowest BCUT2D eigenvalue weighted by atomic mass is 9.76. The van der Waals surface area contributed by atoms with E-state index in [4.69, 9.17) is 14.2 Å². The van der Waals surface area contributed by atoms with Crippen LogP contribution in [0, 0.1) is 5.92 Å². The number of Topliss-reactive ketones (excluding diaryl/α,β-unsaturated/α-hetero) is 1. The first-order chi connectivity index (χ1) is 16.4. The summed E-state index contributed by atoms with van der Waals surface area (Å²) in [6.45, 7) is 1.01. The fourth-order valence-corrected chi connectivity index (χ4v) is 4.00. The predicted octanol–water partition coefficient (Wildman–Crippen LogP) is 3.73. The van der Waals surface area contributed by atoms with Crippen molar-refractivity contribution in [1.29, 1.82) is 0 Å². The molecule has 0 bridgehead atoms. The predicted molar refractivity (Wildman–Crippen MR) is 130 cm³/mol. The minimum atomic E-state index is -0.665. The summed E-state index contributed by atoms with van der Waals surface area (Å²) in [6.07, 6.45) is -0.0223. The number of ether oxygens (including phenoxy) is 3. The van der Waals surface area contributed by atoms with E-state index in [-0.39, 0.29) is 37.1 Å². The topological polar surface area (TPSA) is 96.0 Å². The third kappa shape index (κ3) is 8.33. The van der Waals surface area contributed by atoms with Gasteiger partial charge in [-0.1, -0.05) is 60.7 Å². The molecule has 8 heteroatoms. The molecule has 0 aliphatic carbocycles. The van der Waals surface area contributed by atoms with Crippen LogP contribution in [0.1, 0.15) is 42.7 Å². The highest BCUT2D eigenvalue weighted by molar-refractivity contribution is 7.80. The molecule has 182 valence electrons. The van der Waals surface area contributed by atoms with Crippen LogP contribution in [0.15, 0.2) is 60.7 Å². The van der Waals surface area contributed by atoms with Gasteiger partial charge in [0.1, 0.15) is 25.4 Å². The lowest BCUT2D eigenvalue weighted by Gasteiger charge is -2.28. The summed E-state index contributed by atoms with van der Waals surface area (Å²) >= 11 is 4.35. The Morgan fingerprint density at radius 1 is 0.824 bits per heavy atom. The van der Waals surface area contributed by atoms with Crippen LogP contribution in [-0.2, 0) is 33.4 Å². The van der Waals surface area contributed by atoms with Gasteiger partial charge >= 0.3 is 17.9 Å². The van der Waals surface area contributed by atoms with Crippen LogP contribution in [0.25, 0.3) is 0 Å². The van der Waals surface area contributed by atoms with Gasteiger partial charge in [0.05, 0.1) is 18.9 Å². The van der Waals surface area contributed by atoms with Gasteiger partial charge in [0.25, 0.3) is 0 Å². The van der Waals surface area contributed by atoms with Gasteiger partial charge in [-0.15, -0.1) is 0 Å². The molecule has 0 heterocycles. The highest BCUT2D eigenvalue weighted by Gasteiger charge is 2.35. The van der Waals surface area contributed by atoms with Crippen molar-refractivity contribution in [3.63, 3.8) is 0 Å². The van der Waals surface area contributed by atoms with Gasteiger partial charge in [0.2, 0.25) is 0 Å². The number of hydrogen-bond acceptors (Lipinski definition) is 8. The summed E-state index contributed by atoms with van der Waals surface area (Å²) < 4.78 is 15.3. The lowest BCUT2D eigenvalue weighted by Crippen LogP contribution is -2.28. The monoisotopic (exact) mass is 486 g/mol. The molecule has 0 saturated heterocycles. The van der Waals surface area contributed by atoms with Crippen LogP contribution in [-0.4, -0.2) is 49.8 Å². The van der Waals surface area contributed by atoms with E-state index >= 15 is 0 Å². The molecule has 0 aliphatic rings. The third-order valence-corrected chi connectivity index (χ3v) is 5.76. The first kappa shape index (κ1) is 27.1. The Bertz CT molecular complexity index is 946. The fraction of sp³-hybridized carbons (Fsp3) is 0.385. The molecule has 0 saturated carbocycles. The van der Waals surface area contributed by atoms with E-state index in [1.165, 1.54) is 14.0 Å². The van der Waals surface area contributed by atoms with E-state index in [1.807, 2.05) is 60.7 Å². The number of esters is 3. The SMILES string of the molecule is COC(=O)C(c1ccccc1)C(CC(CS)C(=O)OCCOC(=O)CC(C)=O)c1ccccc1. The van der Waals surface area contributed by atoms with Crippen molar-refractivity contribution < 1.29 is 33.4 Å². The average Bonchev–Trinajstić information content (AvgIpc) is 2.84. The molecule has 0 aliphatic heterocycles. The number of hydrogen-bond donors (Lipinski definition) is 1. The third-order valence-electron chi connectivity index (χ3n) is 5.32. The molecular formula is C26H30O7S. The normalized spacial score (nSPS) is 13.3. The summed E-state index contributed by atoms with van der Waals surface area (Å²) in [7, 11) is 1.35. The van der Waals surface area contributed by atoms with Crippen LogP contribution in [0.2, 0.25) is 0 Å². The van der Waals surface area contributed by atoms with Crippen molar-refractivity contribution in [2.45, 2.75) is 31.6 Å². The number of thiol groups is 1. The molecule has 7 nitrogen and oxygen atoms in total. The van der Waals surface area contributed by atoms with E-state index in [2.05, 4.69) is 12.6 Å². The molecule has 0 aromatic heterocycles. The van der Waals surface area contributed by atoms with Crippen molar-refractivity contribution in [2.75, 3.05) is 26.1 Å². The van der Waals surface area contributed by atoms with Crippen LogP contribution in [0.5, 0.6) is 0 Å². The van der Waals surface area contributed by atoms with Crippen molar-refractivity contribution in [3.05, 3.63) is 71.8 Å². The maximum absolute atomic E-state index is 12.9. The van der Waals surface area contributed by atoms with E-state index in [0.717, 1.165) is 11.1 Å². The molecule has 3 atom stereocenters. The van der Waals surface area contributed by atoms with Crippen LogP contribution >= 0.6 is 12.6 Å². The average molecular weight is 487 g/mol. The fourth-order valence-electron chi connectivity index (χ4n) is 3.71. The summed E-state index contributed by atoms with van der Waals surface area (Å²) in [6, 6.07) is 18.8. The largest absolute Gasteiger partial charge is 0.469 e. The number of benzene rings is 2. The molecule has 3 unspecified atom stereocenters. The van der Waals surface area contributed by atoms with Crippen molar-refractivity contribution in [2.24, 2.45) is 5.92 Å². The highest BCUT2D eigenvalue weighted by atomic mass is 32.1. The smallest absolute Gasteiger partial charge is 0.313 e. The van der Waals surface area contributed by atoms with E-state index in [9.17, 15) is 19.2 Å². The number of methoxy groups -OCH3 is 1.